The van der Waals surface area contributed by atoms with E-state index in [0.29, 0.717) is 0 Å². The quantitative estimate of drug-likeness (QED) is 0.331. The van der Waals surface area contributed by atoms with Gasteiger partial charge in [-0.3, -0.25) is 0 Å². The molecule has 0 saturated heterocycles. The van der Waals surface area contributed by atoms with Crippen molar-refractivity contribution in [2.24, 2.45) is 0 Å². The zero-order valence-corrected chi connectivity index (χ0v) is 13.2. The molecule has 0 aromatic heterocycles. The van der Waals surface area contributed by atoms with Gasteiger partial charge in [0.15, 0.2) is 0 Å². The minimum Gasteiger partial charge on any atom is -0.870 e. The number of hydrogen-bond acceptors (Lipinski definition) is 12. The fraction of sp³-hybridized carbons (Fsp3) is 0. The molecule has 0 heterocycles. The van der Waals surface area contributed by atoms with E-state index in [-0.39, 0.29) is 81.8 Å². The van der Waals surface area contributed by atoms with Crippen molar-refractivity contribution in [1.29, 1.82) is 0 Å². The van der Waals surface area contributed by atoms with Crippen LogP contribution in [0.5, 0.6) is 0 Å². The Balaban J connectivity index is -0.0000000104. The summed E-state index contributed by atoms with van der Waals surface area (Å²) in [5.41, 5.74) is 0. The van der Waals surface area contributed by atoms with Gasteiger partial charge in [0.25, 0.3) is 0 Å². The van der Waals surface area contributed by atoms with Crippen LogP contribution in [-0.4, -0.2) is 31.7 Å². The second-order valence-corrected chi connectivity index (χ2v) is 0.671. The van der Waals surface area contributed by atoms with Crippen molar-refractivity contribution in [2.75, 3.05) is 0 Å². The zero-order valence-electron chi connectivity index (χ0n) is 7.51. The van der Waals surface area contributed by atoms with Crippen molar-refractivity contribution >= 4 is 0 Å². The number of nitrogens with zero attached hydrogens (tertiary/aromatic N) is 3. The average molecular weight is 415 g/mol. The van der Waals surface area contributed by atoms with Crippen LogP contribution < -0.4 is 0 Å². The molecular formula is H3N3O12Y2. The smallest absolute Gasteiger partial charge is 0.870 e. The average Bonchev–Trinajstić information content (AvgIpc) is 1.54. The Morgan fingerprint density at radius 3 is 0.471 bits per heavy atom. The molecule has 0 fully saturated rings. The van der Waals surface area contributed by atoms with Crippen LogP contribution in [0.3, 0.4) is 0 Å². The Kier molecular flexibility index (Phi) is 144. The molecule has 0 radical (unpaired) electrons. The maximum atomic E-state index is 8.25. The molecule has 15 nitrogen and oxygen atoms in total. The largest absolute Gasteiger partial charge is 3.00 e. The molecule has 0 aliphatic heterocycles. The van der Waals surface area contributed by atoms with Crippen LogP contribution in [0.25, 0.3) is 0 Å². The molecule has 0 unspecified atom stereocenters. The van der Waals surface area contributed by atoms with Crippen molar-refractivity contribution in [3.63, 3.8) is 0 Å². The van der Waals surface area contributed by atoms with Gasteiger partial charge in [-0.15, -0.1) is 0 Å². The molecule has 0 bridgehead atoms. The Morgan fingerprint density at radius 1 is 0.471 bits per heavy atom. The van der Waals surface area contributed by atoms with E-state index in [2.05, 4.69) is 0 Å². The second-order valence-electron chi connectivity index (χ2n) is 0.671. The van der Waals surface area contributed by atoms with Gasteiger partial charge in [-0.1, -0.05) is 0 Å². The summed E-state index contributed by atoms with van der Waals surface area (Å²) in [5.74, 6) is 0. The molecule has 0 aliphatic carbocycles. The molecular weight excluding hydrogens is 412 g/mol. The van der Waals surface area contributed by atoms with E-state index < -0.39 is 15.3 Å². The third-order valence-corrected chi connectivity index (χ3v) is 0. The third kappa shape index (κ3) is 30200. The maximum absolute atomic E-state index is 8.25. The Hall–Kier alpha value is -0.312. The zero-order chi connectivity index (χ0) is 10.7. The first kappa shape index (κ1) is 54.4. The van der Waals surface area contributed by atoms with Crippen molar-refractivity contribution < 1.29 is 97.1 Å². The van der Waals surface area contributed by atoms with Gasteiger partial charge in [-0.25, -0.2) is 0 Å². The van der Waals surface area contributed by atoms with Crippen molar-refractivity contribution in [2.45, 2.75) is 0 Å². The molecule has 96 valence electrons. The van der Waals surface area contributed by atoms with Crippen LogP contribution in [0.1, 0.15) is 0 Å². The predicted molar refractivity (Wildman–Crippen MR) is 36.9 cm³/mol. The minimum absolute atomic E-state index is 0. The van der Waals surface area contributed by atoms with E-state index in [4.69, 9.17) is 46.0 Å². The summed E-state index contributed by atoms with van der Waals surface area (Å²) in [6.45, 7) is 0. The van der Waals surface area contributed by atoms with E-state index in [9.17, 15) is 0 Å². The molecule has 0 amide bonds. The van der Waals surface area contributed by atoms with Gasteiger partial charge in [0.05, 0.1) is 15.3 Å². The monoisotopic (exact) mass is 415 g/mol. The van der Waals surface area contributed by atoms with E-state index in [0.717, 1.165) is 0 Å². The van der Waals surface area contributed by atoms with Gasteiger partial charge in [0, 0.05) is 0 Å². The molecule has 0 aromatic rings. The van der Waals surface area contributed by atoms with Gasteiger partial charge < -0.3 is 62.4 Å². The van der Waals surface area contributed by atoms with E-state index >= 15 is 0 Å². The van der Waals surface area contributed by atoms with E-state index in [1.165, 1.54) is 0 Å². The number of rotatable bonds is 0. The van der Waals surface area contributed by atoms with Crippen molar-refractivity contribution in [3.05, 3.63) is 46.0 Å². The van der Waals surface area contributed by atoms with Gasteiger partial charge in [-0.2, -0.15) is 0 Å². The van der Waals surface area contributed by atoms with Gasteiger partial charge in [0.1, 0.15) is 0 Å². The fourth-order valence-corrected chi connectivity index (χ4v) is 0. The first-order valence-corrected chi connectivity index (χ1v) is 1.64. The molecule has 0 aliphatic rings. The van der Waals surface area contributed by atoms with Crippen LogP contribution in [-0.2, 0) is 65.4 Å². The minimum atomic E-state index is -1.75. The van der Waals surface area contributed by atoms with E-state index in [1.807, 2.05) is 0 Å². The first-order valence-electron chi connectivity index (χ1n) is 1.64. The molecule has 0 spiro atoms. The van der Waals surface area contributed by atoms with Crippen LogP contribution in [0.15, 0.2) is 0 Å². The summed E-state index contributed by atoms with van der Waals surface area (Å²) in [7, 11) is 0. The molecule has 3 N–H and O–H groups in total. The second kappa shape index (κ2) is 44.8. The van der Waals surface area contributed by atoms with Crippen molar-refractivity contribution in [1.82, 2.24) is 0 Å². The molecule has 0 saturated carbocycles. The molecule has 0 aromatic carbocycles. The summed E-state index contributed by atoms with van der Waals surface area (Å²) >= 11 is 0. The third-order valence-electron chi connectivity index (χ3n) is 0. The standard InChI is InChI=1S/3NO3.3H2O.2Y/c3*2-1(3)4;;;;;/h;;;3*1H2;;/q3*-1;;;;2*+3/p-3. The van der Waals surface area contributed by atoms with Crippen molar-refractivity contribution in [3.8, 4) is 0 Å². The first-order chi connectivity index (χ1) is 5.20. The summed E-state index contributed by atoms with van der Waals surface area (Å²) in [4.78, 5) is 24.8. The van der Waals surface area contributed by atoms with E-state index in [1.54, 1.807) is 0 Å². The molecule has 17 heavy (non-hydrogen) atoms. The molecule has 0 rings (SSSR count). The van der Waals surface area contributed by atoms with Crippen LogP contribution in [0, 0.1) is 46.0 Å². The fourth-order valence-electron chi connectivity index (χ4n) is 0. The van der Waals surface area contributed by atoms with Gasteiger partial charge in [0.2, 0.25) is 0 Å². The Morgan fingerprint density at radius 2 is 0.471 bits per heavy atom. The SMILES string of the molecule is O=[N+]([O-])[O-].O=[N+]([O-])[O-].O=[N+]([O-])[O-].[OH-].[OH-].[OH-].[Y+3].[Y+3]. The van der Waals surface area contributed by atoms with Crippen LogP contribution >= 0.6 is 0 Å². The summed E-state index contributed by atoms with van der Waals surface area (Å²) in [5, 5.41) is 44.2. The molecule has 0 atom stereocenters. The van der Waals surface area contributed by atoms with Crippen LogP contribution in [0.4, 0.5) is 0 Å². The Bertz CT molecular complexity index is 117. The maximum Gasteiger partial charge on any atom is 3.00 e. The molecule has 17 heteroatoms. The Labute approximate surface area is 142 Å². The van der Waals surface area contributed by atoms with Crippen LogP contribution in [0.2, 0.25) is 0 Å². The van der Waals surface area contributed by atoms with Gasteiger partial charge in [-0.05, 0) is 0 Å². The topological polar surface area (TPSA) is 289 Å². The summed E-state index contributed by atoms with van der Waals surface area (Å²) in [6.07, 6.45) is 0. The normalized spacial score (nSPS) is 4.24. The summed E-state index contributed by atoms with van der Waals surface area (Å²) in [6, 6.07) is 0. The van der Waals surface area contributed by atoms with Gasteiger partial charge >= 0.3 is 65.4 Å². The summed E-state index contributed by atoms with van der Waals surface area (Å²) < 4.78 is 0. The predicted octanol–water partition coefficient (Wildman–Crippen LogP) is -1.25. The number of hydrogen-bond donors (Lipinski definition) is 0.